The van der Waals surface area contributed by atoms with Gasteiger partial charge in [-0.25, -0.2) is 9.59 Å². The summed E-state index contributed by atoms with van der Waals surface area (Å²) in [7, 11) is 0. The fourth-order valence-corrected chi connectivity index (χ4v) is 0.715. The van der Waals surface area contributed by atoms with Gasteiger partial charge in [0.1, 0.15) is 0 Å². The Labute approximate surface area is 81.7 Å². The molecule has 1 heterocycles. The second kappa shape index (κ2) is 7.85. The molecule has 1 rings (SSSR count). The predicted octanol–water partition coefficient (Wildman–Crippen LogP) is 0.595. The highest BCUT2D eigenvalue weighted by Crippen LogP contribution is 1.91. The number of aliphatic carboxylic acids is 2. The van der Waals surface area contributed by atoms with Crippen LogP contribution in [0.2, 0.25) is 0 Å². The fourth-order valence-electron chi connectivity index (χ4n) is 0.715. The van der Waals surface area contributed by atoms with Crippen molar-refractivity contribution in [1.82, 2.24) is 5.32 Å². The van der Waals surface area contributed by atoms with Crippen LogP contribution in [0.1, 0.15) is 12.8 Å². The molecule has 0 fully saturated rings. The van der Waals surface area contributed by atoms with Crippen LogP contribution in [-0.4, -0.2) is 28.7 Å². The minimum Gasteiger partial charge on any atom is -0.478 e. The van der Waals surface area contributed by atoms with E-state index in [4.69, 9.17) is 10.2 Å². The maximum atomic E-state index is 9.55. The number of carboxylic acids is 2. The van der Waals surface area contributed by atoms with Crippen LogP contribution in [0.25, 0.3) is 0 Å². The van der Waals surface area contributed by atoms with Crippen LogP contribution in [0.5, 0.6) is 0 Å². The van der Waals surface area contributed by atoms with Gasteiger partial charge in [-0.3, -0.25) is 0 Å². The molecule has 3 N–H and O–H groups in total. The number of hydrogen-bond acceptors (Lipinski definition) is 3. The van der Waals surface area contributed by atoms with Crippen molar-refractivity contribution in [1.29, 1.82) is 0 Å². The first-order valence-corrected chi connectivity index (χ1v) is 4.15. The second-order valence-corrected chi connectivity index (χ2v) is 2.51. The highest BCUT2D eigenvalue weighted by molar-refractivity contribution is 5.89. The average molecular weight is 199 g/mol. The van der Waals surface area contributed by atoms with E-state index in [9.17, 15) is 9.59 Å². The smallest absolute Gasteiger partial charge is 0.328 e. The average Bonchev–Trinajstić information content (AvgIpc) is 2.18. The van der Waals surface area contributed by atoms with Crippen LogP contribution in [0.3, 0.4) is 0 Å². The first-order chi connectivity index (χ1) is 6.63. The standard InChI is InChI=1S/C5H9N.C4H4O4/c1-2-4-6-5-3-1;5-3(6)1-2-4(7)8/h2,4,6H,1,3,5H2;1-2H,(H,5,6)(H,7,8). The van der Waals surface area contributed by atoms with Crippen molar-refractivity contribution in [3.8, 4) is 0 Å². The van der Waals surface area contributed by atoms with Gasteiger partial charge in [0.05, 0.1) is 0 Å². The summed E-state index contributed by atoms with van der Waals surface area (Å²) in [6.45, 7) is 1.16. The Balaban J connectivity index is 0.000000249. The predicted molar refractivity (Wildman–Crippen MR) is 50.8 cm³/mol. The molecular formula is C9H13NO4. The van der Waals surface area contributed by atoms with Crippen molar-refractivity contribution in [2.75, 3.05) is 6.54 Å². The first-order valence-electron chi connectivity index (χ1n) is 4.15. The van der Waals surface area contributed by atoms with Gasteiger partial charge in [0.2, 0.25) is 0 Å². The van der Waals surface area contributed by atoms with Crippen molar-refractivity contribution in [3.63, 3.8) is 0 Å². The topological polar surface area (TPSA) is 86.6 Å². The van der Waals surface area contributed by atoms with E-state index >= 15 is 0 Å². The Bertz CT molecular complexity index is 221. The lowest BCUT2D eigenvalue weighted by Crippen LogP contribution is -2.09. The van der Waals surface area contributed by atoms with Gasteiger partial charge in [-0.1, -0.05) is 6.08 Å². The van der Waals surface area contributed by atoms with Gasteiger partial charge in [-0.15, -0.1) is 0 Å². The maximum Gasteiger partial charge on any atom is 0.328 e. The van der Waals surface area contributed by atoms with E-state index < -0.39 is 11.9 Å². The number of hydrogen-bond donors (Lipinski definition) is 3. The van der Waals surface area contributed by atoms with Crippen LogP contribution < -0.4 is 5.32 Å². The largest absolute Gasteiger partial charge is 0.478 e. The first kappa shape index (κ1) is 12.2. The highest BCUT2D eigenvalue weighted by Gasteiger charge is 1.88. The van der Waals surface area contributed by atoms with Gasteiger partial charge in [0.15, 0.2) is 0 Å². The monoisotopic (exact) mass is 199 g/mol. The minimum absolute atomic E-state index is 0.558. The Morgan fingerprint density at radius 1 is 1.21 bits per heavy atom. The molecule has 0 aromatic rings. The van der Waals surface area contributed by atoms with Gasteiger partial charge < -0.3 is 15.5 Å². The summed E-state index contributed by atoms with van der Waals surface area (Å²) in [4.78, 5) is 19.1. The third kappa shape index (κ3) is 10.2. The third-order valence-corrected chi connectivity index (χ3v) is 1.30. The van der Waals surface area contributed by atoms with Crippen molar-refractivity contribution >= 4 is 11.9 Å². The lowest BCUT2D eigenvalue weighted by atomic mass is 10.2. The molecule has 0 spiro atoms. The molecule has 0 aromatic heterocycles. The number of nitrogens with one attached hydrogen (secondary N) is 1. The van der Waals surface area contributed by atoms with Gasteiger partial charge in [-0.2, -0.15) is 0 Å². The van der Waals surface area contributed by atoms with E-state index in [0.29, 0.717) is 12.2 Å². The summed E-state index contributed by atoms with van der Waals surface area (Å²) < 4.78 is 0. The van der Waals surface area contributed by atoms with Crippen molar-refractivity contribution in [3.05, 3.63) is 24.4 Å². The molecule has 0 saturated carbocycles. The zero-order valence-corrected chi connectivity index (χ0v) is 7.64. The van der Waals surface area contributed by atoms with E-state index in [1.807, 2.05) is 6.20 Å². The molecule has 0 aliphatic carbocycles. The molecule has 14 heavy (non-hydrogen) atoms. The summed E-state index contributed by atoms with van der Waals surface area (Å²) in [5, 5.41) is 18.7. The Kier molecular flexibility index (Phi) is 6.85. The van der Waals surface area contributed by atoms with E-state index in [1.54, 1.807) is 0 Å². The summed E-state index contributed by atoms with van der Waals surface area (Å²) in [6, 6.07) is 0. The second-order valence-electron chi connectivity index (χ2n) is 2.51. The summed E-state index contributed by atoms with van der Waals surface area (Å²) in [5.41, 5.74) is 0. The van der Waals surface area contributed by atoms with Gasteiger partial charge in [-0.05, 0) is 19.0 Å². The van der Waals surface area contributed by atoms with Crippen LogP contribution in [0, 0.1) is 0 Å². The third-order valence-electron chi connectivity index (χ3n) is 1.30. The van der Waals surface area contributed by atoms with Crippen molar-refractivity contribution in [2.45, 2.75) is 12.8 Å². The Morgan fingerprint density at radius 3 is 1.93 bits per heavy atom. The van der Waals surface area contributed by atoms with Gasteiger partial charge in [0.25, 0.3) is 0 Å². The molecule has 0 atom stereocenters. The summed E-state index contributed by atoms with van der Waals surface area (Å²) in [6.07, 6.45) is 7.85. The molecule has 0 radical (unpaired) electrons. The van der Waals surface area contributed by atoms with Crippen LogP contribution >= 0.6 is 0 Å². The molecule has 78 valence electrons. The van der Waals surface area contributed by atoms with Crippen molar-refractivity contribution in [2.24, 2.45) is 0 Å². The minimum atomic E-state index is -1.26. The molecule has 0 unspecified atom stereocenters. The molecule has 0 saturated heterocycles. The molecule has 5 heteroatoms. The van der Waals surface area contributed by atoms with E-state index in [1.165, 1.54) is 12.8 Å². The molecule has 0 amide bonds. The highest BCUT2D eigenvalue weighted by atomic mass is 16.4. The molecule has 0 aromatic carbocycles. The zero-order valence-electron chi connectivity index (χ0n) is 7.64. The molecule has 0 bridgehead atoms. The van der Waals surface area contributed by atoms with E-state index in [2.05, 4.69) is 11.4 Å². The number of allylic oxidation sites excluding steroid dienone is 1. The Morgan fingerprint density at radius 2 is 1.79 bits per heavy atom. The van der Waals surface area contributed by atoms with Gasteiger partial charge >= 0.3 is 11.9 Å². The quantitative estimate of drug-likeness (QED) is 0.567. The van der Waals surface area contributed by atoms with Crippen LogP contribution in [0.15, 0.2) is 24.4 Å². The van der Waals surface area contributed by atoms with Crippen LogP contribution in [-0.2, 0) is 9.59 Å². The number of rotatable bonds is 2. The Hall–Kier alpha value is -1.78. The van der Waals surface area contributed by atoms with Crippen LogP contribution in [0.4, 0.5) is 0 Å². The zero-order chi connectivity index (χ0) is 10.8. The molecule has 1 aliphatic heterocycles. The SMILES string of the molecule is C1=CNCCC1.O=C(O)C=CC(=O)O. The lowest BCUT2D eigenvalue weighted by Gasteiger charge is -2.02. The molecule has 1 aliphatic rings. The number of carboxylic acid groups (broad SMARTS) is 2. The van der Waals surface area contributed by atoms with E-state index in [-0.39, 0.29) is 0 Å². The lowest BCUT2D eigenvalue weighted by molar-refractivity contribution is -0.134. The maximum absolute atomic E-state index is 9.55. The van der Waals surface area contributed by atoms with Crippen molar-refractivity contribution < 1.29 is 19.8 Å². The number of carbonyl (C=O) groups is 2. The molecule has 5 nitrogen and oxygen atoms in total. The fraction of sp³-hybridized carbons (Fsp3) is 0.333. The van der Waals surface area contributed by atoms with Gasteiger partial charge in [0, 0.05) is 18.7 Å². The normalized spacial score (nSPS) is 14.0. The summed E-state index contributed by atoms with van der Waals surface area (Å²) in [5.74, 6) is -2.51. The molecular weight excluding hydrogens is 186 g/mol. The summed E-state index contributed by atoms with van der Waals surface area (Å²) >= 11 is 0. The van der Waals surface area contributed by atoms with E-state index in [0.717, 1.165) is 6.54 Å².